The zero-order valence-electron chi connectivity index (χ0n) is 17.7. The summed E-state index contributed by atoms with van der Waals surface area (Å²) in [5.41, 5.74) is 3.90. The Morgan fingerprint density at radius 2 is 1.64 bits per heavy atom. The Kier molecular flexibility index (Phi) is 7.60. The Morgan fingerprint density at radius 3 is 2.33 bits per heavy atom. The molecule has 166 valence electrons. The number of benzene rings is 3. The summed E-state index contributed by atoms with van der Waals surface area (Å²) in [5.74, 6) is -0.230. The third-order valence-corrected chi connectivity index (χ3v) is 6.73. The fourth-order valence-corrected chi connectivity index (χ4v) is 4.84. The van der Waals surface area contributed by atoms with Gasteiger partial charge in [0.05, 0.1) is 4.91 Å². The molecule has 7 heteroatoms. The predicted octanol–water partition coefficient (Wildman–Crippen LogP) is 6.63. The number of carbonyl (C=O) groups is 2. The van der Waals surface area contributed by atoms with Crippen LogP contribution in [0.3, 0.4) is 0 Å². The molecule has 33 heavy (non-hydrogen) atoms. The first-order chi connectivity index (χ1) is 16.0. The summed E-state index contributed by atoms with van der Waals surface area (Å²) in [6.45, 7) is 0.406. The maximum Gasteiger partial charge on any atom is 0.266 e. The van der Waals surface area contributed by atoms with Crippen molar-refractivity contribution in [2.75, 3.05) is 11.9 Å². The fraction of sp³-hybridized carbons (Fsp3) is 0.115. The van der Waals surface area contributed by atoms with E-state index in [1.54, 1.807) is 29.2 Å². The number of halogens is 1. The molecule has 1 N–H and O–H groups in total. The molecule has 0 spiro atoms. The number of thiocarbonyl (C=S) groups is 1. The zero-order chi connectivity index (χ0) is 23.2. The Bertz CT molecular complexity index is 1190. The van der Waals surface area contributed by atoms with Gasteiger partial charge in [0.25, 0.3) is 5.91 Å². The highest BCUT2D eigenvalue weighted by Gasteiger charge is 2.31. The van der Waals surface area contributed by atoms with Crippen LogP contribution in [0.2, 0.25) is 5.02 Å². The van der Waals surface area contributed by atoms with Crippen molar-refractivity contribution >= 4 is 63.5 Å². The first-order valence-electron chi connectivity index (χ1n) is 10.5. The minimum atomic E-state index is -0.116. The third-order valence-electron chi connectivity index (χ3n) is 5.10. The normalized spacial score (nSPS) is 14.7. The van der Waals surface area contributed by atoms with Gasteiger partial charge in [0.2, 0.25) is 5.91 Å². The highest BCUT2D eigenvalue weighted by atomic mass is 35.5. The summed E-state index contributed by atoms with van der Waals surface area (Å²) in [6, 6.07) is 25.2. The molecule has 0 radical (unpaired) electrons. The van der Waals surface area contributed by atoms with Gasteiger partial charge in [-0.25, -0.2) is 0 Å². The molecular weight excluding hydrogens is 472 g/mol. The van der Waals surface area contributed by atoms with E-state index in [1.807, 2.05) is 48.5 Å². The smallest absolute Gasteiger partial charge is 0.266 e. The second kappa shape index (κ2) is 10.8. The molecule has 0 saturated carbocycles. The molecule has 4 nitrogen and oxygen atoms in total. The first-order valence-corrected chi connectivity index (χ1v) is 12.1. The molecule has 1 saturated heterocycles. The van der Waals surface area contributed by atoms with Gasteiger partial charge in [0.15, 0.2) is 0 Å². The van der Waals surface area contributed by atoms with Crippen molar-refractivity contribution in [3.63, 3.8) is 0 Å². The Balaban J connectivity index is 1.32. The lowest BCUT2D eigenvalue weighted by atomic mass is 10.0. The van der Waals surface area contributed by atoms with Gasteiger partial charge in [-0.1, -0.05) is 90.2 Å². The van der Waals surface area contributed by atoms with Crippen molar-refractivity contribution in [1.29, 1.82) is 0 Å². The minimum Gasteiger partial charge on any atom is -0.326 e. The van der Waals surface area contributed by atoms with Crippen molar-refractivity contribution in [2.45, 2.75) is 12.8 Å². The van der Waals surface area contributed by atoms with E-state index in [1.165, 1.54) is 11.8 Å². The largest absolute Gasteiger partial charge is 0.326 e. The summed E-state index contributed by atoms with van der Waals surface area (Å²) in [6.07, 6.45) is 2.67. The van der Waals surface area contributed by atoms with Crippen molar-refractivity contribution < 1.29 is 9.59 Å². The van der Waals surface area contributed by atoms with Crippen LogP contribution in [0.15, 0.2) is 83.8 Å². The van der Waals surface area contributed by atoms with Crippen LogP contribution >= 0.6 is 35.6 Å². The molecule has 0 unspecified atom stereocenters. The van der Waals surface area contributed by atoms with Crippen molar-refractivity contribution in [2.24, 2.45) is 0 Å². The lowest BCUT2D eigenvalue weighted by Gasteiger charge is -2.14. The van der Waals surface area contributed by atoms with Crippen LogP contribution in [0.1, 0.15) is 18.4 Å². The zero-order valence-corrected chi connectivity index (χ0v) is 20.1. The lowest BCUT2D eigenvalue weighted by molar-refractivity contribution is -0.122. The standard InChI is InChI=1S/C26H21ClN2O2S2/c27-21-12-14-22(15-13-21)28-24(30)7-4-16-29-25(31)23(33-26(29)32)17-18-8-10-20(11-9-18)19-5-2-1-3-6-19/h1-3,5-6,8-15,17H,4,7,16H2,(H,28,30)/b23-17-. The van der Waals surface area contributed by atoms with E-state index in [0.29, 0.717) is 39.3 Å². The van der Waals surface area contributed by atoms with Crippen LogP contribution in [0.4, 0.5) is 5.69 Å². The number of carbonyl (C=O) groups excluding carboxylic acids is 2. The predicted molar refractivity (Wildman–Crippen MR) is 141 cm³/mol. The van der Waals surface area contributed by atoms with Crippen LogP contribution in [0, 0.1) is 0 Å². The monoisotopic (exact) mass is 492 g/mol. The summed E-state index contributed by atoms with van der Waals surface area (Å²) >= 11 is 12.6. The Hall–Kier alpha value is -2.93. The van der Waals surface area contributed by atoms with Gasteiger partial charge in [-0.15, -0.1) is 0 Å². The minimum absolute atomic E-state index is 0.114. The van der Waals surface area contributed by atoms with E-state index in [9.17, 15) is 9.59 Å². The van der Waals surface area contributed by atoms with Crippen LogP contribution in [-0.2, 0) is 9.59 Å². The molecule has 0 bridgehead atoms. The average Bonchev–Trinajstić information content (AvgIpc) is 3.09. The van der Waals surface area contributed by atoms with E-state index >= 15 is 0 Å². The maximum atomic E-state index is 12.8. The van der Waals surface area contributed by atoms with Gasteiger partial charge < -0.3 is 5.32 Å². The molecule has 0 aromatic heterocycles. The van der Waals surface area contributed by atoms with E-state index in [0.717, 1.165) is 16.7 Å². The molecular formula is C26H21ClN2O2S2. The van der Waals surface area contributed by atoms with E-state index < -0.39 is 0 Å². The fourth-order valence-electron chi connectivity index (χ4n) is 3.40. The number of nitrogens with zero attached hydrogens (tertiary/aromatic N) is 1. The molecule has 1 aliphatic rings. The lowest BCUT2D eigenvalue weighted by Crippen LogP contribution is -2.29. The quantitative estimate of drug-likeness (QED) is 0.297. The molecule has 3 aromatic rings. The molecule has 1 fully saturated rings. The number of hydrogen-bond acceptors (Lipinski definition) is 4. The molecule has 1 heterocycles. The molecule has 1 aliphatic heterocycles. The van der Waals surface area contributed by atoms with Crippen molar-refractivity contribution in [3.8, 4) is 11.1 Å². The van der Waals surface area contributed by atoms with E-state index in [4.69, 9.17) is 23.8 Å². The van der Waals surface area contributed by atoms with Crippen molar-refractivity contribution in [3.05, 3.63) is 94.4 Å². The van der Waals surface area contributed by atoms with E-state index in [2.05, 4.69) is 17.4 Å². The van der Waals surface area contributed by atoms with Crippen LogP contribution in [0.5, 0.6) is 0 Å². The summed E-state index contributed by atoms with van der Waals surface area (Å²) in [7, 11) is 0. The first kappa shape index (κ1) is 23.2. The number of amides is 2. The summed E-state index contributed by atoms with van der Waals surface area (Å²) < 4.78 is 0.519. The Labute approximate surface area is 207 Å². The number of rotatable bonds is 7. The van der Waals surface area contributed by atoms with Gasteiger partial charge >= 0.3 is 0 Å². The van der Waals surface area contributed by atoms with Gasteiger partial charge in [-0.05, 0) is 53.5 Å². The number of hydrogen-bond donors (Lipinski definition) is 1. The second-order valence-corrected chi connectivity index (χ2v) is 9.59. The molecule has 2 amide bonds. The van der Waals surface area contributed by atoms with E-state index in [-0.39, 0.29) is 11.8 Å². The number of nitrogens with one attached hydrogen (secondary N) is 1. The third kappa shape index (κ3) is 6.11. The number of thioether (sulfide) groups is 1. The summed E-state index contributed by atoms with van der Waals surface area (Å²) in [5, 5.41) is 3.44. The summed E-state index contributed by atoms with van der Waals surface area (Å²) in [4.78, 5) is 27.2. The SMILES string of the molecule is O=C(CCCN1C(=O)/C(=C/c2ccc(-c3ccccc3)cc2)SC1=S)Nc1ccc(Cl)cc1. The topological polar surface area (TPSA) is 49.4 Å². The Morgan fingerprint density at radius 1 is 0.970 bits per heavy atom. The molecule has 0 aliphatic carbocycles. The van der Waals surface area contributed by atoms with Gasteiger partial charge in [0, 0.05) is 23.7 Å². The molecule has 4 rings (SSSR count). The van der Waals surface area contributed by atoms with Crippen LogP contribution in [0.25, 0.3) is 17.2 Å². The van der Waals surface area contributed by atoms with Gasteiger partial charge in [-0.3, -0.25) is 14.5 Å². The van der Waals surface area contributed by atoms with Crippen LogP contribution in [-0.4, -0.2) is 27.6 Å². The molecule has 3 aromatic carbocycles. The average molecular weight is 493 g/mol. The van der Waals surface area contributed by atoms with Gasteiger partial charge in [-0.2, -0.15) is 0 Å². The highest BCUT2D eigenvalue weighted by molar-refractivity contribution is 8.26. The maximum absolute atomic E-state index is 12.8. The van der Waals surface area contributed by atoms with Gasteiger partial charge in [0.1, 0.15) is 4.32 Å². The number of anilines is 1. The molecule has 0 atom stereocenters. The highest BCUT2D eigenvalue weighted by Crippen LogP contribution is 2.33. The van der Waals surface area contributed by atoms with Crippen LogP contribution < -0.4 is 5.32 Å². The van der Waals surface area contributed by atoms with Crippen molar-refractivity contribution in [1.82, 2.24) is 4.90 Å². The second-order valence-electron chi connectivity index (χ2n) is 7.48.